The molecule has 0 atom stereocenters. The predicted octanol–water partition coefficient (Wildman–Crippen LogP) is 5.29. The number of allylic oxidation sites excluding steroid dienone is 1. The number of benzene rings is 3. The summed E-state index contributed by atoms with van der Waals surface area (Å²) in [5, 5.41) is 19.3. The highest BCUT2D eigenvalue weighted by molar-refractivity contribution is 8.19. The van der Waals surface area contributed by atoms with Crippen molar-refractivity contribution < 1.29 is 19.8 Å². The number of amides is 1. The number of hydrogen-bond acceptors (Lipinski definition) is 5. The fourth-order valence-electron chi connectivity index (χ4n) is 3.14. The van der Waals surface area contributed by atoms with Crippen LogP contribution in [0.2, 0.25) is 0 Å². The van der Waals surface area contributed by atoms with E-state index < -0.39 is 5.97 Å². The minimum atomic E-state index is -1.04. The standard InChI is InChI=1S/C24H18N2O4S/c1-15(16-10-12-20(27)13-11-16)21-22(28)26(19-8-3-2-4-9-19)24(31-21)25-18-7-5-6-17(14-18)23(29)30/h2-14,27H,1H3,(H,29,30)/b21-15-,25-24?. The van der Waals surface area contributed by atoms with Crippen LogP contribution in [0.3, 0.4) is 0 Å². The van der Waals surface area contributed by atoms with Crippen LogP contribution in [-0.4, -0.2) is 27.3 Å². The van der Waals surface area contributed by atoms with Gasteiger partial charge < -0.3 is 10.2 Å². The second-order valence-electron chi connectivity index (χ2n) is 6.83. The van der Waals surface area contributed by atoms with Crippen molar-refractivity contribution in [2.24, 2.45) is 4.99 Å². The van der Waals surface area contributed by atoms with Crippen molar-refractivity contribution in [2.75, 3.05) is 4.90 Å². The SMILES string of the molecule is C/C(=C1/SC(=Nc2cccc(C(=O)O)c2)N(c2ccccc2)C1=O)c1ccc(O)cc1. The molecule has 31 heavy (non-hydrogen) atoms. The van der Waals surface area contributed by atoms with Crippen molar-refractivity contribution in [3.8, 4) is 5.75 Å². The number of hydrogen-bond donors (Lipinski definition) is 2. The zero-order valence-electron chi connectivity index (χ0n) is 16.5. The molecule has 7 heteroatoms. The normalized spacial score (nSPS) is 16.6. The predicted molar refractivity (Wildman–Crippen MR) is 123 cm³/mol. The van der Waals surface area contributed by atoms with Gasteiger partial charge in [-0.3, -0.25) is 9.69 Å². The van der Waals surface area contributed by atoms with E-state index in [0.29, 0.717) is 21.4 Å². The van der Waals surface area contributed by atoms with Gasteiger partial charge in [0.1, 0.15) is 5.75 Å². The first-order valence-corrected chi connectivity index (χ1v) is 10.3. The molecular weight excluding hydrogens is 412 g/mol. The number of thioether (sulfide) groups is 1. The van der Waals surface area contributed by atoms with Crippen LogP contribution in [0.15, 0.2) is 88.8 Å². The number of nitrogens with zero attached hydrogens (tertiary/aromatic N) is 2. The van der Waals surface area contributed by atoms with Gasteiger partial charge in [-0.15, -0.1) is 0 Å². The Hall–Kier alpha value is -3.84. The smallest absolute Gasteiger partial charge is 0.335 e. The van der Waals surface area contributed by atoms with Gasteiger partial charge >= 0.3 is 5.97 Å². The van der Waals surface area contributed by atoms with Crippen LogP contribution in [0.4, 0.5) is 11.4 Å². The molecular formula is C24H18N2O4S. The lowest BCUT2D eigenvalue weighted by Gasteiger charge is -2.15. The summed E-state index contributed by atoms with van der Waals surface area (Å²) in [4.78, 5) is 31.3. The van der Waals surface area contributed by atoms with Crippen LogP contribution in [0.5, 0.6) is 5.75 Å². The maximum absolute atomic E-state index is 13.4. The number of carboxylic acids is 1. The molecule has 0 bridgehead atoms. The lowest BCUT2D eigenvalue weighted by atomic mass is 10.1. The van der Waals surface area contributed by atoms with Crippen molar-refractivity contribution in [3.05, 3.63) is 94.9 Å². The number of phenols is 1. The zero-order chi connectivity index (χ0) is 22.0. The number of anilines is 1. The van der Waals surface area contributed by atoms with Crippen LogP contribution in [0.25, 0.3) is 5.57 Å². The molecule has 1 aliphatic heterocycles. The lowest BCUT2D eigenvalue weighted by molar-refractivity contribution is -0.113. The monoisotopic (exact) mass is 430 g/mol. The molecule has 1 saturated heterocycles. The van der Waals surface area contributed by atoms with Gasteiger partial charge in [-0.1, -0.05) is 36.4 Å². The Morgan fingerprint density at radius 2 is 1.65 bits per heavy atom. The Balaban J connectivity index is 1.82. The van der Waals surface area contributed by atoms with E-state index in [-0.39, 0.29) is 17.2 Å². The molecule has 1 amide bonds. The minimum Gasteiger partial charge on any atom is -0.508 e. The van der Waals surface area contributed by atoms with Crippen LogP contribution >= 0.6 is 11.8 Å². The summed E-state index contributed by atoms with van der Waals surface area (Å²) in [6.45, 7) is 1.85. The highest BCUT2D eigenvalue weighted by Gasteiger charge is 2.36. The molecule has 4 rings (SSSR count). The summed E-state index contributed by atoms with van der Waals surface area (Å²) < 4.78 is 0. The number of phenolic OH excluding ortho intramolecular Hbond substituents is 1. The fourth-order valence-corrected chi connectivity index (χ4v) is 4.21. The minimum absolute atomic E-state index is 0.124. The number of carboxylic acid groups (broad SMARTS) is 1. The van der Waals surface area contributed by atoms with Gasteiger partial charge in [0.25, 0.3) is 5.91 Å². The average Bonchev–Trinajstić information content (AvgIpc) is 3.10. The number of aliphatic imine (C=N–C) groups is 1. The van der Waals surface area contributed by atoms with E-state index in [0.717, 1.165) is 11.1 Å². The number of aromatic hydroxyl groups is 1. The van der Waals surface area contributed by atoms with Gasteiger partial charge in [0.05, 0.1) is 21.8 Å². The average molecular weight is 430 g/mol. The first-order chi connectivity index (χ1) is 14.9. The Kier molecular flexibility index (Phi) is 5.60. The molecule has 3 aromatic carbocycles. The molecule has 6 nitrogen and oxygen atoms in total. The number of amidine groups is 1. The number of carbonyl (C=O) groups is 2. The van der Waals surface area contributed by atoms with E-state index in [4.69, 9.17) is 0 Å². The first-order valence-electron chi connectivity index (χ1n) is 9.44. The van der Waals surface area contributed by atoms with Crippen molar-refractivity contribution in [1.82, 2.24) is 0 Å². The van der Waals surface area contributed by atoms with Crippen LogP contribution < -0.4 is 4.90 Å². The number of carbonyl (C=O) groups excluding carboxylic acids is 1. The quantitative estimate of drug-likeness (QED) is 0.549. The number of para-hydroxylation sites is 1. The van der Waals surface area contributed by atoms with Gasteiger partial charge in [-0.05, 0) is 72.3 Å². The third-order valence-electron chi connectivity index (χ3n) is 4.76. The van der Waals surface area contributed by atoms with E-state index in [9.17, 15) is 19.8 Å². The lowest BCUT2D eigenvalue weighted by Crippen LogP contribution is -2.28. The Morgan fingerprint density at radius 3 is 2.32 bits per heavy atom. The van der Waals surface area contributed by atoms with E-state index >= 15 is 0 Å². The molecule has 154 valence electrons. The molecule has 0 unspecified atom stereocenters. The summed E-state index contributed by atoms with van der Waals surface area (Å²) in [5.41, 5.74) is 2.82. The first kappa shape index (κ1) is 20.4. The second kappa shape index (κ2) is 8.49. The van der Waals surface area contributed by atoms with Crippen molar-refractivity contribution in [3.63, 3.8) is 0 Å². The summed E-state index contributed by atoms with van der Waals surface area (Å²) in [6.07, 6.45) is 0. The second-order valence-corrected chi connectivity index (χ2v) is 7.81. The van der Waals surface area contributed by atoms with Gasteiger partial charge in [0.2, 0.25) is 0 Å². The molecule has 2 N–H and O–H groups in total. The molecule has 1 heterocycles. The number of rotatable bonds is 4. The summed E-state index contributed by atoms with van der Waals surface area (Å²) in [7, 11) is 0. The Labute approximate surface area is 183 Å². The van der Waals surface area contributed by atoms with Gasteiger partial charge in [-0.25, -0.2) is 9.79 Å². The third-order valence-corrected chi connectivity index (χ3v) is 5.90. The maximum Gasteiger partial charge on any atom is 0.335 e. The molecule has 0 spiro atoms. The van der Waals surface area contributed by atoms with E-state index in [1.54, 1.807) is 36.4 Å². The van der Waals surface area contributed by atoms with E-state index in [1.807, 2.05) is 37.3 Å². The molecule has 1 fully saturated rings. The largest absolute Gasteiger partial charge is 0.508 e. The van der Waals surface area contributed by atoms with E-state index in [2.05, 4.69) is 4.99 Å². The van der Waals surface area contributed by atoms with E-state index in [1.165, 1.54) is 28.8 Å². The van der Waals surface area contributed by atoms with Crippen molar-refractivity contribution in [1.29, 1.82) is 0 Å². The molecule has 0 saturated carbocycles. The summed E-state index contributed by atoms with van der Waals surface area (Å²) >= 11 is 1.23. The van der Waals surface area contributed by atoms with Crippen molar-refractivity contribution in [2.45, 2.75) is 6.92 Å². The topological polar surface area (TPSA) is 90.2 Å². The fraction of sp³-hybridized carbons (Fsp3) is 0.0417. The van der Waals surface area contributed by atoms with Gasteiger partial charge in [0, 0.05) is 0 Å². The van der Waals surface area contributed by atoms with Crippen LogP contribution in [-0.2, 0) is 4.79 Å². The molecule has 0 aromatic heterocycles. The Bertz CT molecular complexity index is 1220. The maximum atomic E-state index is 13.4. The number of aromatic carboxylic acids is 1. The van der Waals surface area contributed by atoms with Crippen LogP contribution in [0, 0.1) is 0 Å². The zero-order valence-corrected chi connectivity index (χ0v) is 17.3. The van der Waals surface area contributed by atoms with Crippen molar-refractivity contribution >= 4 is 45.8 Å². The molecule has 0 radical (unpaired) electrons. The summed E-state index contributed by atoms with van der Waals surface area (Å²) in [5.74, 6) is -1.10. The highest BCUT2D eigenvalue weighted by Crippen LogP contribution is 2.40. The highest BCUT2D eigenvalue weighted by atomic mass is 32.2. The molecule has 3 aromatic rings. The Morgan fingerprint density at radius 1 is 0.935 bits per heavy atom. The van der Waals surface area contributed by atoms with Gasteiger partial charge in [0.15, 0.2) is 5.17 Å². The molecule has 0 aliphatic carbocycles. The third kappa shape index (κ3) is 4.22. The molecule has 1 aliphatic rings. The van der Waals surface area contributed by atoms with Gasteiger partial charge in [-0.2, -0.15) is 0 Å². The summed E-state index contributed by atoms with van der Waals surface area (Å²) in [6, 6.07) is 22.1. The van der Waals surface area contributed by atoms with Crippen LogP contribution in [0.1, 0.15) is 22.8 Å².